The molecule has 0 atom stereocenters. The number of nitrogens with one attached hydrogen (secondary N) is 2. The second-order valence-corrected chi connectivity index (χ2v) is 3.52. The van der Waals surface area contributed by atoms with Gasteiger partial charge in [0, 0.05) is 5.39 Å². The fraction of sp³-hybridized carbons (Fsp3) is 0.154. The van der Waals surface area contributed by atoms with Gasteiger partial charge < -0.3 is 5.32 Å². The van der Waals surface area contributed by atoms with Crippen LogP contribution in [0.4, 0.5) is 10.5 Å². The van der Waals surface area contributed by atoms with E-state index in [2.05, 4.69) is 10.8 Å². The van der Waals surface area contributed by atoms with Gasteiger partial charge >= 0.3 is 6.03 Å². The molecule has 0 aliphatic carbocycles. The Morgan fingerprint density at radius 3 is 2.76 bits per heavy atom. The third kappa shape index (κ3) is 2.73. The van der Waals surface area contributed by atoms with Crippen molar-refractivity contribution in [2.45, 2.75) is 6.92 Å². The highest BCUT2D eigenvalue weighted by Gasteiger charge is 2.04. The second-order valence-electron chi connectivity index (χ2n) is 3.52. The maximum Gasteiger partial charge on any atom is 0.343 e. The van der Waals surface area contributed by atoms with Crippen LogP contribution in [0.5, 0.6) is 0 Å². The SMILES string of the molecule is CCONC(=O)Nc1cccc2ccccc12. The summed E-state index contributed by atoms with van der Waals surface area (Å²) in [7, 11) is 0. The first-order valence-electron chi connectivity index (χ1n) is 5.48. The molecule has 4 nitrogen and oxygen atoms in total. The van der Waals surface area contributed by atoms with Gasteiger partial charge in [0.25, 0.3) is 0 Å². The number of urea groups is 1. The molecule has 0 aromatic heterocycles. The molecule has 4 heteroatoms. The monoisotopic (exact) mass is 230 g/mol. The van der Waals surface area contributed by atoms with E-state index in [0.29, 0.717) is 6.61 Å². The number of fused-ring (bicyclic) bond motifs is 1. The first-order chi connectivity index (χ1) is 8.31. The van der Waals surface area contributed by atoms with Crippen LogP contribution in [0.1, 0.15) is 6.92 Å². The third-order valence-corrected chi connectivity index (χ3v) is 2.35. The number of hydroxylamine groups is 1. The Labute approximate surface area is 99.5 Å². The zero-order valence-corrected chi connectivity index (χ0v) is 9.57. The van der Waals surface area contributed by atoms with E-state index in [1.807, 2.05) is 42.5 Å². The molecule has 0 heterocycles. The van der Waals surface area contributed by atoms with Gasteiger partial charge in [0.2, 0.25) is 0 Å². The van der Waals surface area contributed by atoms with Gasteiger partial charge in [0.1, 0.15) is 0 Å². The lowest BCUT2D eigenvalue weighted by atomic mass is 10.1. The van der Waals surface area contributed by atoms with Crippen molar-refractivity contribution >= 4 is 22.5 Å². The van der Waals surface area contributed by atoms with Crippen molar-refractivity contribution < 1.29 is 9.63 Å². The Morgan fingerprint density at radius 1 is 1.18 bits per heavy atom. The van der Waals surface area contributed by atoms with Crippen molar-refractivity contribution in [3.8, 4) is 0 Å². The Bertz CT molecular complexity index is 520. The Balaban J connectivity index is 2.21. The summed E-state index contributed by atoms with van der Waals surface area (Å²) in [5.74, 6) is 0. The minimum Gasteiger partial charge on any atom is -0.306 e. The summed E-state index contributed by atoms with van der Waals surface area (Å²) in [4.78, 5) is 16.3. The normalized spacial score (nSPS) is 10.2. The van der Waals surface area contributed by atoms with Crippen LogP contribution in [-0.4, -0.2) is 12.6 Å². The Hall–Kier alpha value is -2.07. The van der Waals surface area contributed by atoms with Gasteiger partial charge in [-0.3, -0.25) is 4.84 Å². The molecule has 88 valence electrons. The van der Waals surface area contributed by atoms with E-state index in [4.69, 9.17) is 4.84 Å². The van der Waals surface area contributed by atoms with Crippen molar-refractivity contribution in [3.63, 3.8) is 0 Å². The van der Waals surface area contributed by atoms with E-state index in [9.17, 15) is 4.79 Å². The van der Waals surface area contributed by atoms with E-state index in [1.165, 1.54) is 0 Å². The van der Waals surface area contributed by atoms with Crippen molar-refractivity contribution in [3.05, 3.63) is 42.5 Å². The number of anilines is 1. The molecule has 0 unspecified atom stereocenters. The van der Waals surface area contributed by atoms with Crippen LogP contribution in [0.3, 0.4) is 0 Å². The summed E-state index contributed by atoms with van der Waals surface area (Å²) in [6.45, 7) is 2.24. The predicted molar refractivity (Wildman–Crippen MR) is 67.7 cm³/mol. The molecule has 2 aromatic carbocycles. The molecule has 0 saturated carbocycles. The predicted octanol–water partition coefficient (Wildman–Crippen LogP) is 2.91. The molecule has 0 bridgehead atoms. The fourth-order valence-corrected chi connectivity index (χ4v) is 1.62. The molecule has 2 aromatic rings. The van der Waals surface area contributed by atoms with Gasteiger partial charge in [-0.1, -0.05) is 36.4 Å². The van der Waals surface area contributed by atoms with Gasteiger partial charge in [0.05, 0.1) is 12.3 Å². The van der Waals surface area contributed by atoms with E-state index < -0.39 is 0 Å². The molecule has 0 aliphatic rings. The summed E-state index contributed by atoms with van der Waals surface area (Å²) in [5, 5.41) is 4.83. The molecular weight excluding hydrogens is 216 g/mol. The zero-order valence-electron chi connectivity index (χ0n) is 9.57. The zero-order chi connectivity index (χ0) is 12.1. The summed E-state index contributed by atoms with van der Waals surface area (Å²) in [5.41, 5.74) is 3.06. The van der Waals surface area contributed by atoms with E-state index in [0.717, 1.165) is 16.5 Å². The highest BCUT2D eigenvalue weighted by Crippen LogP contribution is 2.22. The number of hydrogen-bond donors (Lipinski definition) is 2. The van der Waals surface area contributed by atoms with E-state index >= 15 is 0 Å². The quantitative estimate of drug-likeness (QED) is 0.796. The average Bonchev–Trinajstić information content (AvgIpc) is 2.37. The van der Waals surface area contributed by atoms with Crippen LogP contribution in [0.2, 0.25) is 0 Å². The molecule has 0 spiro atoms. The maximum atomic E-state index is 11.5. The summed E-state index contributed by atoms with van der Waals surface area (Å²) < 4.78 is 0. The summed E-state index contributed by atoms with van der Waals surface area (Å²) in [6.07, 6.45) is 0. The van der Waals surface area contributed by atoms with E-state index in [1.54, 1.807) is 6.92 Å². The van der Waals surface area contributed by atoms with Crippen LogP contribution in [0.25, 0.3) is 10.8 Å². The number of carbonyl (C=O) groups is 1. The minimum absolute atomic E-state index is 0.372. The molecule has 17 heavy (non-hydrogen) atoms. The largest absolute Gasteiger partial charge is 0.343 e. The number of carbonyl (C=O) groups excluding carboxylic acids is 1. The van der Waals surface area contributed by atoms with E-state index in [-0.39, 0.29) is 6.03 Å². The van der Waals surface area contributed by atoms with Crippen LogP contribution in [-0.2, 0) is 4.84 Å². The van der Waals surface area contributed by atoms with Crippen LogP contribution >= 0.6 is 0 Å². The van der Waals surface area contributed by atoms with Crippen molar-refractivity contribution in [2.75, 3.05) is 11.9 Å². The lowest BCUT2D eigenvalue weighted by Gasteiger charge is -2.09. The van der Waals surface area contributed by atoms with Gasteiger partial charge in [-0.05, 0) is 18.4 Å². The molecule has 0 fully saturated rings. The molecule has 2 amide bonds. The highest BCUT2D eigenvalue weighted by atomic mass is 16.7. The smallest absolute Gasteiger partial charge is 0.306 e. The molecule has 0 aliphatic heterocycles. The fourth-order valence-electron chi connectivity index (χ4n) is 1.62. The number of hydrogen-bond acceptors (Lipinski definition) is 2. The van der Waals surface area contributed by atoms with Crippen LogP contribution in [0, 0.1) is 0 Å². The lowest BCUT2D eigenvalue weighted by Crippen LogP contribution is -2.28. The standard InChI is InChI=1S/C13H14N2O2/c1-2-17-15-13(16)14-12-9-5-7-10-6-3-4-8-11(10)12/h3-9H,2H2,1H3,(H2,14,15,16). The number of benzene rings is 2. The summed E-state index contributed by atoms with van der Waals surface area (Å²) >= 11 is 0. The van der Waals surface area contributed by atoms with Crippen molar-refractivity contribution in [1.82, 2.24) is 5.48 Å². The lowest BCUT2D eigenvalue weighted by molar-refractivity contribution is 0.0758. The first-order valence-corrected chi connectivity index (χ1v) is 5.48. The molecular formula is C13H14N2O2. The van der Waals surface area contributed by atoms with Crippen LogP contribution in [0.15, 0.2) is 42.5 Å². The minimum atomic E-state index is -0.372. The summed E-state index contributed by atoms with van der Waals surface area (Å²) in [6, 6.07) is 13.3. The number of rotatable bonds is 3. The maximum absolute atomic E-state index is 11.5. The molecule has 0 saturated heterocycles. The third-order valence-electron chi connectivity index (χ3n) is 2.35. The van der Waals surface area contributed by atoms with Gasteiger partial charge in [0.15, 0.2) is 0 Å². The van der Waals surface area contributed by atoms with Crippen molar-refractivity contribution in [2.24, 2.45) is 0 Å². The molecule has 2 rings (SSSR count). The molecule has 0 radical (unpaired) electrons. The highest BCUT2D eigenvalue weighted by molar-refractivity contribution is 6.01. The van der Waals surface area contributed by atoms with Gasteiger partial charge in [-0.2, -0.15) is 0 Å². The van der Waals surface area contributed by atoms with Crippen molar-refractivity contribution in [1.29, 1.82) is 0 Å². The first kappa shape index (κ1) is 11.4. The Kier molecular flexibility index (Phi) is 3.57. The Morgan fingerprint density at radius 2 is 1.94 bits per heavy atom. The number of amides is 2. The van der Waals surface area contributed by atoms with Gasteiger partial charge in [-0.25, -0.2) is 10.3 Å². The second kappa shape index (κ2) is 5.32. The van der Waals surface area contributed by atoms with Crippen LogP contribution < -0.4 is 10.8 Å². The topological polar surface area (TPSA) is 50.4 Å². The van der Waals surface area contributed by atoms with Gasteiger partial charge in [-0.15, -0.1) is 0 Å². The molecule has 2 N–H and O–H groups in total. The average molecular weight is 230 g/mol.